The van der Waals surface area contributed by atoms with E-state index in [-0.39, 0.29) is 11.5 Å². The lowest BCUT2D eigenvalue weighted by molar-refractivity contribution is -0.384. The molecule has 0 fully saturated rings. The molecule has 0 spiro atoms. The minimum atomic E-state index is -0.554. The molecule has 6 nitrogen and oxygen atoms in total. The average Bonchev–Trinajstić information content (AvgIpc) is 2.62. The Bertz CT molecular complexity index is 492. The van der Waals surface area contributed by atoms with Gasteiger partial charge in [-0.3, -0.25) is 10.1 Å². The molecular formula is C9H8N4O2. The lowest BCUT2D eigenvalue weighted by Gasteiger charge is -1.97. The zero-order valence-corrected chi connectivity index (χ0v) is 7.70. The quantitative estimate of drug-likeness (QED) is 0.591. The van der Waals surface area contributed by atoms with Crippen molar-refractivity contribution in [1.29, 1.82) is 0 Å². The molecule has 2 N–H and O–H groups in total. The molecule has 6 heteroatoms. The molecule has 2 aromatic rings. The van der Waals surface area contributed by atoms with Crippen LogP contribution in [0.3, 0.4) is 0 Å². The van der Waals surface area contributed by atoms with Crippen LogP contribution in [0.15, 0.2) is 36.5 Å². The molecule has 0 unspecified atom stereocenters. The fraction of sp³-hybridized carbons (Fsp3) is 0. The Hall–Kier alpha value is -2.37. The minimum Gasteiger partial charge on any atom is -0.376 e. The first-order valence-corrected chi connectivity index (χ1v) is 4.23. The summed E-state index contributed by atoms with van der Waals surface area (Å²) in [6.07, 6.45) is 1.30. The standard InChI is InChI=1S/C9H8N4O2/c10-9-8(13(14)15)6-12(11-9)7-4-2-1-3-5-7/h1-6H,(H2,10,11). The number of anilines is 1. The molecule has 2 rings (SSSR count). The van der Waals surface area contributed by atoms with E-state index in [1.807, 2.05) is 18.2 Å². The third-order valence-corrected chi connectivity index (χ3v) is 1.94. The summed E-state index contributed by atoms with van der Waals surface area (Å²) in [7, 11) is 0. The maximum absolute atomic E-state index is 10.5. The van der Waals surface area contributed by atoms with Crippen LogP contribution < -0.4 is 5.73 Å². The summed E-state index contributed by atoms with van der Waals surface area (Å²) in [6, 6.07) is 9.06. The van der Waals surface area contributed by atoms with E-state index in [1.54, 1.807) is 12.1 Å². The van der Waals surface area contributed by atoms with Crippen molar-refractivity contribution in [3.63, 3.8) is 0 Å². The normalized spacial score (nSPS) is 10.1. The maximum Gasteiger partial charge on any atom is 0.331 e. The van der Waals surface area contributed by atoms with Crippen LogP contribution in [0.25, 0.3) is 5.69 Å². The SMILES string of the molecule is Nc1nn(-c2ccccc2)cc1[N+](=O)[O-]. The number of para-hydroxylation sites is 1. The second kappa shape index (κ2) is 3.41. The summed E-state index contributed by atoms with van der Waals surface area (Å²) < 4.78 is 1.38. The molecule has 0 atom stereocenters. The van der Waals surface area contributed by atoms with Gasteiger partial charge in [0.25, 0.3) is 0 Å². The van der Waals surface area contributed by atoms with E-state index >= 15 is 0 Å². The van der Waals surface area contributed by atoms with Crippen LogP contribution in [0.4, 0.5) is 11.5 Å². The molecule has 0 amide bonds. The van der Waals surface area contributed by atoms with Gasteiger partial charge in [-0.15, -0.1) is 5.10 Å². The van der Waals surface area contributed by atoms with Crippen molar-refractivity contribution in [1.82, 2.24) is 9.78 Å². The van der Waals surface area contributed by atoms with Gasteiger partial charge >= 0.3 is 5.69 Å². The van der Waals surface area contributed by atoms with E-state index in [0.717, 1.165) is 5.69 Å². The Morgan fingerprint density at radius 2 is 2.00 bits per heavy atom. The zero-order valence-electron chi connectivity index (χ0n) is 7.70. The van der Waals surface area contributed by atoms with Crippen molar-refractivity contribution in [3.8, 4) is 5.69 Å². The molecule has 15 heavy (non-hydrogen) atoms. The van der Waals surface area contributed by atoms with Crippen LogP contribution in [0, 0.1) is 10.1 Å². The summed E-state index contributed by atoms with van der Waals surface area (Å²) >= 11 is 0. The number of nitrogen functional groups attached to an aromatic ring is 1. The first kappa shape index (κ1) is 9.20. The molecule has 1 aromatic carbocycles. The summed E-state index contributed by atoms with van der Waals surface area (Å²) in [6.45, 7) is 0. The van der Waals surface area contributed by atoms with Crippen molar-refractivity contribution in [2.24, 2.45) is 0 Å². The molecular weight excluding hydrogens is 196 g/mol. The van der Waals surface area contributed by atoms with Gasteiger partial charge < -0.3 is 5.73 Å². The van der Waals surface area contributed by atoms with Gasteiger partial charge in [0, 0.05) is 0 Å². The van der Waals surface area contributed by atoms with Crippen molar-refractivity contribution in [2.45, 2.75) is 0 Å². The van der Waals surface area contributed by atoms with Crippen LogP contribution in [-0.4, -0.2) is 14.7 Å². The Kier molecular flexibility index (Phi) is 2.09. The van der Waals surface area contributed by atoms with Crippen LogP contribution in [0.5, 0.6) is 0 Å². The molecule has 0 aliphatic rings. The van der Waals surface area contributed by atoms with Gasteiger partial charge in [-0.25, -0.2) is 4.68 Å². The molecule has 0 bridgehead atoms. The Labute approximate surface area is 85.1 Å². The second-order valence-corrected chi connectivity index (χ2v) is 2.94. The van der Waals surface area contributed by atoms with E-state index in [1.165, 1.54) is 10.9 Å². The summed E-state index contributed by atoms with van der Waals surface area (Å²) in [4.78, 5) is 9.98. The van der Waals surface area contributed by atoms with Gasteiger partial charge in [0.2, 0.25) is 5.82 Å². The highest BCUT2D eigenvalue weighted by Gasteiger charge is 2.16. The molecule has 0 saturated heterocycles. The average molecular weight is 204 g/mol. The molecule has 76 valence electrons. The molecule has 0 aliphatic heterocycles. The molecule has 0 radical (unpaired) electrons. The highest BCUT2D eigenvalue weighted by atomic mass is 16.6. The highest BCUT2D eigenvalue weighted by molar-refractivity contribution is 5.52. The number of nitrogens with two attached hydrogens (primary N) is 1. The number of hydrogen-bond donors (Lipinski definition) is 1. The summed E-state index contributed by atoms with van der Waals surface area (Å²) in [5, 5.41) is 14.4. The van der Waals surface area contributed by atoms with E-state index in [4.69, 9.17) is 5.73 Å². The van der Waals surface area contributed by atoms with E-state index in [2.05, 4.69) is 5.10 Å². The predicted molar refractivity (Wildman–Crippen MR) is 54.6 cm³/mol. The third kappa shape index (κ3) is 1.64. The first-order valence-electron chi connectivity index (χ1n) is 4.23. The second-order valence-electron chi connectivity index (χ2n) is 2.94. The molecule has 1 heterocycles. The van der Waals surface area contributed by atoms with Crippen LogP contribution in [-0.2, 0) is 0 Å². The zero-order chi connectivity index (χ0) is 10.8. The van der Waals surface area contributed by atoms with Crippen molar-refractivity contribution < 1.29 is 4.92 Å². The Morgan fingerprint density at radius 1 is 1.33 bits per heavy atom. The largest absolute Gasteiger partial charge is 0.376 e. The van der Waals surface area contributed by atoms with Gasteiger partial charge in [-0.1, -0.05) is 18.2 Å². The van der Waals surface area contributed by atoms with Gasteiger partial charge in [-0.05, 0) is 12.1 Å². The van der Waals surface area contributed by atoms with Gasteiger partial charge in [0.15, 0.2) is 0 Å². The van der Waals surface area contributed by atoms with Crippen LogP contribution >= 0.6 is 0 Å². The number of nitrogens with zero attached hydrogens (tertiary/aromatic N) is 3. The van der Waals surface area contributed by atoms with Crippen LogP contribution in [0.2, 0.25) is 0 Å². The summed E-state index contributed by atoms with van der Waals surface area (Å²) in [5.41, 5.74) is 5.96. The molecule has 0 aliphatic carbocycles. The summed E-state index contributed by atoms with van der Waals surface area (Å²) in [5.74, 6) is -0.0798. The van der Waals surface area contributed by atoms with Crippen molar-refractivity contribution >= 4 is 11.5 Å². The third-order valence-electron chi connectivity index (χ3n) is 1.94. The Balaban J connectivity index is 2.48. The maximum atomic E-state index is 10.5. The van der Waals surface area contributed by atoms with Crippen LogP contribution in [0.1, 0.15) is 0 Å². The number of rotatable bonds is 2. The molecule has 1 aromatic heterocycles. The number of benzene rings is 1. The number of nitro groups is 1. The first-order chi connectivity index (χ1) is 7.18. The van der Waals surface area contributed by atoms with Gasteiger partial charge in [0.05, 0.1) is 10.6 Å². The minimum absolute atomic E-state index is 0.0798. The lowest BCUT2D eigenvalue weighted by Crippen LogP contribution is -1.95. The van der Waals surface area contributed by atoms with Crippen molar-refractivity contribution in [3.05, 3.63) is 46.6 Å². The topological polar surface area (TPSA) is 87.0 Å². The van der Waals surface area contributed by atoms with Crippen molar-refractivity contribution in [2.75, 3.05) is 5.73 Å². The van der Waals surface area contributed by atoms with E-state index in [0.29, 0.717) is 0 Å². The van der Waals surface area contributed by atoms with E-state index < -0.39 is 4.92 Å². The fourth-order valence-electron chi connectivity index (χ4n) is 1.23. The van der Waals surface area contributed by atoms with Gasteiger partial charge in [0.1, 0.15) is 6.20 Å². The molecule has 0 saturated carbocycles. The smallest absolute Gasteiger partial charge is 0.331 e. The lowest BCUT2D eigenvalue weighted by atomic mass is 10.3. The van der Waals surface area contributed by atoms with E-state index in [9.17, 15) is 10.1 Å². The number of aromatic nitrogens is 2. The monoisotopic (exact) mass is 204 g/mol. The fourth-order valence-corrected chi connectivity index (χ4v) is 1.23. The highest BCUT2D eigenvalue weighted by Crippen LogP contribution is 2.20. The Morgan fingerprint density at radius 3 is 2.53 bits per heavy atom. The predicted octanol–water partition coefficient (Wildman–Crippen LogP) is 1.36. The number of hydrogen-bond acceptors (Lipinski definition) is 4. The van der Waals surface area contributed by atoms with Gasteiger partial charge in [-0.2, -0.15) is 0 Å².